The van der Waals surface area contributed by atoms with Gasteiger partial charge in [0, 0.05) is 5.56 Å². The van der Waals surface area contributed by atoms with Crippen LogP contribution in [0.2, 0.25) is 0 Å². The van der Waals surface area contributed by atoms with Crippen LogP contribution in [-0.2, 0) is 4.74 Å². The number of nitrogens with two attached hydrogens (primary N) is 1. The Hall–Kier alpha value is -3.62. The minimum Gasteiger partial charge on any atom is -0.497 e. The van der Waals surface area contributed by atoms with Crippen LogP contribution >= 0.6 is 0 Å². The largest absolute Gasteiger partial charge is 0.497 e. The summed E-state index contributed by atoms with van der Waals surface area (Å²) < 4.78 is 10.0. The standard InChI is InChI=1S/C17H17N5O4/c1-3-26-17(24)11-8-12-14(19-13(11)18)21-22-15(12)20-16(23)9-4-6-10(25-2)7-5-9/h4-8H,3H2,1-2H3,(H4,18,19,20,21,22,23). The van der Waals surface area contributed by atoms with Gasteiger partial charge in [0.2, 0.25) is 0 Å². The van der Waals surface area contributed by atoms with E-state index in [-0.39, 0.29) is 29.7 Å². The van der Waals surface area contributed by atoms with Crippen molar-refractivity contribution in [3.63, 3.8) is 0 Å². The SMILES string of the molecule is CCOC(=O)c1cc2c(NC(=O)c3ccc(OC)cc3)n[nH]c2nc1N. The number of anilines is 2. The fourth-order valence-corrected chi connectivity index (χ4v) is 2.35. The van der Waals surface area contributed by atoms with Gasteiger partial charge in [-0.2, -0.15) is 5.10 Å². The van der Waals surface area contributed by atoms with E-state index in [4.69, 9.17) is 15.2 Å². The molecular formula is C17H17N5O4. The third-order valence-corrected chi connectivity index (χ3v) is 3.66. The molecule has 2 aromatic heterocycles. The molecule has 1 amide bonds. The van der Waals surface area contributed by atoms with Gasteiger partial charge >= 0.3 is 5.97 Å². The fraction of sp³-hybridized carbons (Fsp3) is 0.176. The number of hydrogen-bond acceptors (Lipinski definition) is 7. The Kier molecular flexibility index (Phi) is 4.70. The number of fused-ring (bicyclic) bond motifs is 1. The number of aromatic amines is 1. The van der Waals surface area contributed by atoms with Gasteiger partial charge in [-0.25, -0.2) is 9.78 Å². The van der Waals surface area contributed by atoms with E-state index in [1.165, 1.54) is 6.07 Å². The molecule has 0 fully saturated rings. The molecule has 1 aromatic carbocycles. The average molecular weight is 355 g/mol. The molecule has 0 aliphatic rings. The number of nitrogens with one attached hydrogen (secondary N) is 2. The number of nitrogens with zero attached hydrogens (tertiary/aromatic N) is 2. The summed E-state index contributed by atoms with van der Waals surface area (Å²) in [5.74, 6) is -0.0550. The van der Waals surface area contributed by atoms with Gasteiger partial charge in [0.05, 0.1) is 19.1 Å². The Morgan fingerprint density at radius 2 is 2.00 bits per heavy atom. The van der Waals surface area contributed by atoms with Crippen molar-refractivity contribution in [3.05, 3.63) is 41.5 Å². The molecule has 4 N–H and O–H groups in total. The summed E-state index contributed by atoms with van der Waals surface area (Å²) in [6.07, 6.45) is 0. The van der Waals surface area contributed by atoms with Crippen molar-refractivity contribution in [2.24, 2.45) is 0 Å². The van der Waals surface area contributed by atoms with E-state index in [1.54, 1.807) is 38.3 Å². The Balaban J connectivity index is 1.90. The molecule has 9 heteroatoms. The van der Waals surface area contributed by atoms with Crippen LogP contribution in [0.4, 0.5) is 11.6 Å². The zero-order valence-electron chi connectivity index (χ0n) is 14.2. The molecule has 0 spiro atoms. The number of carbonyl (C=O) groups is 2. The smallest absolute Gasteiger partial charge is 0.341 e. The van der Waals surface area contributed by atoms with Gasteiger partial charge in [-0.1, -0.05) is 0 Å². The number of hydrogen-bond donors (Lipinski definition) is 3. The van der Waals surface area contributed by atoms with Crippen LogP contribution in [0.3, 0.4) is 0 Å². The Morgan fingerprint density at radius 3 is 2.65 bits per heavy atom. The number of rotatable bonds is 5. The van der Waals surface area contributed by atoms with Gasteiger partial charge < -0.3 is 20.5 Å². The minimum absolute atomic E-state index is 0.0210. The second kappa shape index (κ2) is 7.09. The predicted octanol–water partition coefficient (Wildman–Crippen LogP) is 1.98. The first-order valence-corrected chi connectivity index (χ1v) is 7.80. The number of esters is 1. The summed E-state index contributed by atoms with van der Waals surface area (Å²) in [6.45, 7) is 1.90. The van der Waals surface area contributed by atoms with Gasteiger partial charge in [-0.05, 0) is 37.3 Å². The number of amides is 1. The molecule has 0 bridgehead atoms. The summed E-state index contributed by atoms with van der Waals surface area (Å²) in [7, 11) is 1.55. The van der Waals surface area contributed by atoms with Crippen LogP contribution in [-0.4, -0.2) is 40.8 Å². The molecule has 0 aliphatic heterocycles. The maximum absolute atomic E-state index is 12.4. The van der Waals surface area contributed by atoms with Crippen LogP contribution in [0.25, 0.3) is 11.0 Å². The summed E-state index contributed by atoms with van der Waals surface area (Å²) in [4.78, 5) is 28.5. The second-order valence-electron chi connectivity index (χ2n) is 5.29. The number of benzene rings is 1. The number of pyridine rings is 1. The van der Waals surface area contributed by atoms with Crippen LogP contribution in [0.1, 0.15) is 27.6 Å². The number of ether oxygens (including phenoxy) is 2. The molecular weight excluding hydrogens is 338 g/mol. The highest BCUT2D eigenvalue weighted by Crippen LogP contribution is 2.24. The lowest BCUT2D eigenvalue weighted by molar-refractivity contribution is 0.0527. The first-order valence-electron chi connectivity index (χ1n) is 7.80. The quantitative estimate of drug-likeness (QED) is 0.596. The number of aromatic nitrogens is 3. The van der Waals surface area contributed by atoms with E-state index in [0.717, 1.165) is 0 Å². The van der Waals surface area contributed by atoms with Crippen molar-refractivity contribution in [1.82, 2.24) is 15.2 Å². The van der Waals surface area contributed by atoms with Crippen molar-refractivity contribution in [1.29, 1.82) is 0 Å². The third kappa shape index (κ3) is 3.27. The third-order valence-electron chi connectivity index (χ3n) is 3.66. The van der Waals surface area contributed by atoms with Gasteiger partial charge in [-0.15, -0.1) is 0 Å². The topological polar surface area (TPSA) is 132 Å². The molecule has 3 aromatic rings. The fourth-order valence-electron chi connectivity index (χ4n) is 2.35. The monoisotopic (exact) mass is 355 g/mol. The Labute approximate surface area is 148 Å². The molecule has 0 atom stereocenters. The first kappa shape index (κ1) is 17.2. The number of H-pyrrole nitrogens is 1. The average Bonchev–Trinajstić information content (AvgIpc) is 3.02. The van der Waals surface area contributed by atoms with Crippen LogP contribution < -0.4 is 15.8 Å². The molecule has 0 radical (unpaired) electrons. The van der Waals surface area contributed by atoms with E-state index < -0.39 is 5.97 Å². The van der Waals surface area contributed by atoms with Crippen molar-refractivity contribution >= 4 is 34.5 Å². The first-order chi connectivity index (χ1) is 12.5. The zero-order valence-corrected chi connectivity index (χ0v) is 14.2. The molecule has 134 valence electrons. The van der Waals surface area contributed by atoms with E-state index in [0.29, 0.717) is 22.3 Å². The van der Waals surface area contributed by atoms with Crippen LogP contribution in [0, 0.1) is 0 Å². The zero-order chi connectivity index (χ0) is 18.7. The highest BCUT2D eigenvalue weighted by atomic mass is 16.5. The molecule has 0 unspecified atom stereocenters. The highest BCUT2D eigenvalue weighted by Gasteiger charge is 2.18. The molecule has 0 aliphatic carbocycles. The normalized spacial score (nSPS) is 10.5. The van der Waals surface area contributed by atoms with Crippen molar-refractivity contribution < 1.29 is 19.1 Å². The Morgan fingerprint density at radius 1 is 1.27 bits per heavy atom. The highest BCUT2D eigenvalue weighted by molar-refractivity contribution is 6.08. The summed E-state index contributed by atoms with van der Waals surface area (Å²) in [5, 5.41) is 9.83. The predicted molar refractivity (Wildman–Crippen MR) is 95.2 cm³/mol. The van der Waals surface area contributed by atoms with E-state index >= 15 is 0 Å². The van der Waals surface area contributed by atoms with E-state index in [1.807, 2.05) is 0 Å². The number of methoxy groups -OCH3 is 1. The van der Waals surface area contributed by atoms with Crippen LogP contribution in [0.5, 0.6) is 5.75 Å². The molecule has 0 saturated carbocycles. The molecule has 26 heavy (non-hydrogen) atoms. The lowest BCUT2D eigenvalue weighted by atomic mass is 10.2. The van der Waals surface area contributed by atoms with Crippen molar-refractivity contribution in [2.45, 2.75) is 6.92 Å². The van der Waals surface area contributed by atoms with Crippen molar-refractivity contribution in [2.75, 3.05) is 24.8 Å². The summed E-state index contributed by atoms with van der Waals surface area (Å²) in [5.41, 5.74) is 6.67. The summed E-state index contributed by atoms with van der Waals surface area (Å²) in [6, 6.07) is 8.10. The lowest BCUT2D eigenvalue weighted by Gasteiger charge is -2.06. The van der Waals surface area contributed by atoms with E-state index in [2.05, 4.69) is 20.5 Å². The van der Waals surface area contributed by atoms with E-state index in [9.17, 15) is 9.59 Å². The minimum atomic E-state index is -0.590. The number of nitrogen functional groups attached to an aromatic ring is 1. The maximum Gasteiger partial charge on any atom is 0.341 e. The molecule has 9 nitrogen and oxygen atoms in total. The van der Waals surface area contributed by atoms with Crippen molar-refractivity contribution in [3.8, 4) is 5.75 Å². The van der Waals surface area contributed by atoms with Gasteiger partial charge in [0.25, 0.3) is 5.91 Å². The molecule has 3 rings (SSSR count). The molecule has 0 saturated heterocycles. The van der Waals surface area contributed by atoms with Crippen LogP contribution in [0.15, 0.2) is 30.3 Å². The Bertz CT molecular complexity index is 965. The maximum atomic E-state index is 12.4. The van der Waals surface area contributed by atoms with Gasteiger partial charge in [0.15, 0.2) is 11.5 Å². The molecule has 2 heterocycles. The second-order valence-corrected chi connectivity index (χ2v) is 5.29. The van der Waals surface area contributed by atoms with Gasteiger partial charge in [0.1, 0.15) is 17.1 Å². The summed E-state index contributed by atoms with van der Waals surface area (Å²) >= 11 is 0. The lowest BCUT2D eigenvalue weighted by Crippen LogP contribution is -2.13. The number of carbonyl (C=O) groups excluding carboxylic acids is 2. The van der Waals surface area contributed by atoms with Gasteiger partial charge in [-0.3, -0.25) is 9.89 Å².